The van der Waals surface area contributed by atoms with Crippen molar-refractivity contribution in [2.75, 3.05) is 6.54 Å². The maximum Gasteiger partial charge on any atom is 0.243 e. The van der Waals surface area contributed by atoms with Crippen LogP contribution in [0.25, 0.3) is 22.3 Å². The van der Waals surface area contributed by atoms with Crippen LogP contribution in [0.3, 0.4) is 0 Å². The van der Waals surface area contributed by atoms with Gasteiger partial charge >= 0.3 is 0 Å². The van der Waals surface area contributed by atoms with Crippen molar-refractivity contribution < 1.29 is 12.8 Å². The molecule has 1 aliphatic heterocycles. The Hall–Kier alpha value is -3.04. The number of pyridine rings is 1. The molecule has 0 amide bonds. The quantitative estimate of drug-likeness (QED) is 0.494. The Morgan fingerprint density at radius 1 is 1.16 bits per heavy atom. The highest BCUT2D eigenvalue weighted by atomic mass is 32.2. The number of nitrogens with zero attached hydrogens (tertiary/aromatic N) is 4. The fourth-order valence-corrected chi connectivity index (χ4v) is 6.56. The maximum absolute atomic E-state index is 13.3. The smallest absolute Gasteiger partial charge is 0.243 e. The Labute approximate surface area is 185 Å². The minimum atomic E-state index is -3.71. The van der Waals surface area contributed by atoms with Crippen LogP contribution in [0.2, 0.25) is 0 Å². The molecule has 1 aliphatic rings. The number of fused-ring (bicyclic) bond motifs is 1. The van der Waals surface area contributed by atoms with Crippen molar-refractivity contribution in [1.29, 1.82) is 0 Å². The summed E-state index contributed by atoms with van der Waals surface area (Å²) >= 11 is 0. The normalized spacial score (nSPS) is 19.0. The molecule has 166 valence electrons. The Bertz CT molecular complexity index is 1360. The van der Waals surface area contributed by atoms with E-state index in [-0.39, 0.29) is 10.8 Å². The molecule has 1 atom stereocenters. The van der Waals surface area contributed by atoms with E-state index < -0.39 is 21.4 Å². The largest absolute Gasteiger partial charge is 0.346 e. The summed E-state index contributed by atoms with van der Waals surface area (Å²) in [6.45, 7) is 4.99. The zero-order chi connectivity index (χ0) is 22.5. The number of nitrogens with one attached hydrogen (secondary N) is 1. The van der Waals surface area contributed by atoms with Crippen LogP contribution >= 0.6 is 0 Å². The molecule has 0 aliphatic carbocycles. The van der Waals surface area contributed by atoms with Gasteiger partial charge in [0.2, 0.25) is 10.0 Å². The van der Waals surface area contributed by atoms with Gasteiger partial charge in [-0.2, -0.15) is 9.40 Å². The monoisotopic (exact) mass is 453 g/mol. The molecular weight excluding hydrogens is 429 g/mol. The average molecular weight is 454 g/mol. The van der Waals surface area contributed by atoms with E-state index in [4.69, 9.17) is 4.98 Å². The van der Waals surface area contributed by atoms with Crippen molar-refractivity contribution in [1.82, 2.24) is 24.1 Å². The molecule has 0 spiro atoms. The van der Waals surface area contributed by atoms with E-state index in [1.807, 2.05) is 44.4 Å². The second-order valence-electron chi connectivity index (χ2n) is 8.93. The van der Waals surface area contributed by atoms with E-state index in [2.05, 4.69) is 14.8 Å². The Morgan fingerprint density at radius 2 is 1.94 bits per heavy atom. The van der Waals surface area contributed by atoms with Gasteiger partial charge < -0.3 is 4.57 Å². The van der Waals surface area contributed by atoms with Gasteiger partial charge in [-0.1, -0.05) is 0 Å². The van der Waals surface area contributed by atoms with Crippen LogP contribution < -0.4 is 0 Å². The van der Waals surface area contributed by atoms with Gasteiger partial charge in [0.05, 0.1) is 27.8 Å². The van der Waals surface area contributed by atoms with Crippen LogP contribution in [-0.2, 0) is 16.6 Å². The van der Waals surface area contributed by atoms with Crippen LogP contribution in [0.15, 0.2) is 66.0 Å². The predicted octanol–water partition coefficient (Wildman–Crippen LogP) is 4.05. The van der Waals surface area contributed by atoms with E-state index in [9.17, 15) is 12.8 Å². The van der Waals surface area contributed by atoms with Crippen molar-refractivity contribution in [3.05, 3.63) is 66.9 Å². The molecule has 0 saturated carbocycles. The van der Waals surface area contributed by atoms with Crippen molar-refractivity contribution in [2.45, 2.75) is 37.2 Å². The van der Waals surface area contributed by atoms with E-state index >= 15 is 0 Å². The number of hydrogen-bond acceptors (Lipinski definition) is 4. The third-order valence-corrected chi connectivity index (χ3v) is 8.25. The summed E-state index contributed by atoms with van der Waals surface area (Å²) in [4.78, 5) is 4.85. The molecule has 1 fully saturated rings. The van der Waals surface area contributed by atoms with Crippen LogP contribution in [0.4, 0.5) is 4.39 Å². The molecular formula is C23H24FN5O2S. The molecule has 0 radical (unpaired) electrons. The zero-order valence-electron chi connectivity index (χ0n) is 17.9. The maximum atomic E-state index is 13.3. The lowest BCUT2D eigenvalue weighted by molar-refractivity contribution is 0.291. The van der Waals surface area contributed by atoms with E-state index in [0.29, 0.717) is 13.1 Å². The second-order valence-corrected chi connectivity index (χ2v) is 10.8. The molecule has 7 nitrogen and oxygen atoms in total. The van der Waals surface area contributed by atoms with Crippen molar-refractivity contribution in [2.24, 2.45) is 5.92 Å². The summed E-state index contributed by atoms with van der Waals surface area (Å²) < 4.78 is 43.5. The molecule has 1 aromatic carbocycles. The molecule has 4 heterocycles. The number of H-pyrrole nitrogens is 1. The molecule has 9 heteroatoms. The van der Waals surface area contributed by atoms with E-state index in [0.717, 1.165) is 28.7 Å². The highest BCUT2D eigenvalue weighted by molar-refractivity contribution is 7.89. The van der Waals surface area contributed by atoms with Crippen molar-refractivity contribution in [3.63, 3.8) is 0 Å². The fraction of sp³-hybridized carbons (Fsp3) is 0.304. The molecule has 0 bridgehead atoms. The minimum Gasteiger partial charge on any atom is -0.346 e. The van der Waals surface area contributed by atoms with Gasteiger partial charge in [0.25, 0.3) is 0 Å². The molecule has 32 heavy (non-hydrogen) atoms. The SMILES string of the molecule is CC1(C)CC(Cn2ccc3nc(-c4cn[nH]c4)ccc32)CN1S(=O)(=O)c1ccc(F)cc1. The lowest BCUT2D eigenvalue weighted by Crippen LogP contribution is -2.42. The highest BCUT2D eigenvalue weighted by Crippen LogP contribution is 2.38. The van der Waals surface area contributed by atoms with Gasteiger partial charge in [0, 0.05) is 36.6 Å². The summed E-state index contributed by atoms with van der Waals surface area (Å²) in [5.41, 5.74) is 3.14. The highest BCUT2D eigenvalue weighted by Gasteiger charge is 2.45. The first-order valence-electron chi connectivity index (χ1n) is 10.5. The van der Waals surface area contributed by atoms with Crippen LogP contribution in [-0.4, -0.2) is 44.6 Å². The van der Waals surface area contributed by atoms with Gasteiger partial charge in [0.1, 0.15) is 5.82 Å². The molecule has 1 N–H and O–H groups in total. The van der Waals surface area contributed by atoms with E-state index in [1.165, 1.54) is 24.3 Å². The summed E-state index contributed by atoms with van der Waals surface area (Å²) in [6.07, 6.45) is 6.28. The van der Waals surface area contributed by atoms with Gasteiger partial charge in [-0.15, -0.1) is 0 Å². The number of aromatic amines is 1. The number of sulfonamides is 1. The predicted molar refractivity (Wildman–Crippen MR) is 120 cm³/mol. The Balaban J connectivity index is 1.39. The zero-order valence-corrected chi connectivity index (χ0v) is 18.7. The lowest BCUT2D eigenvalue weighted by atomic mass is 9.97. The lowest BCUT2D eigenvalue weighted by Gasteiger charge is -2.30. The van der Waals surface area contributed by atoms with E-state index in [1.54, 1.807) is 10.5 Å². The first-order valence-corrected chi connectivity index (χ1v) is 11.9. The summed E-state index contributed by atoms with van der Waals surface area (Å²) in [6, 6.07) is 11.0. The van der Waals surface area contributed by atoms with Crippen molar-refractivity contribution >= 4 is 21.1 Å². The van der Waals surface area contributed by atoms with Gasteiger partial charge in [0.15, 0.2) is 0 Å². The molecule has 1 saturated heterocycles. The average Bonchev–Trinajstić information content (AvgIpc) is 3.47. The Morgan fingerprint density at radius 3 is 2.66 bits per heavy atom. The third kappa shape index (κ3) is 3.61. The number of benzene rings is 1. The summed E-state index contributed by atoms with van der Waals surface area (Å²) in [5.74, 6) is -0.309. The van der Waals surface area contributed by atoms with Crippen LogP contribution in [0.1, 0.15) is 20.3 Å². The molecule has 4 aromatic rings. The second kappa shape index (κ2) is 7.53. The first kappa shape index (κ1) is 20.8. The molecule has 1 unspecified atom stereocenters. The van der Waals surface area contributed by atoms with Gasteiger partial charge in [-0.25, -0.2) is 17.8 Å². The summed E-state index contributed by atoms with van der Waals surface area (Å²) in [5, 5.41) is 6.78. The fourth-order valence-electron chi connectivity index (χ4n) is 4.70. The van der Waals surface area contributed by atoms with Gasteiger partial charge in [-0.3, -0.25) is 5.10 Å². The van der Waals surface area contributed by atoms with Crippen LogP contribution in [0, 0.1) is 11.7 Å². The standard InChI is InChI=1S/C23H24FN5O2S/c1-23(2)11-16(15-29(23)32(30,31)19-5-3-18(24)4-6-19)14-28-10-9-21-22(28)8-7-20(27-21)17-12-25-26-13-17/h3-10,12-13,16H,11,14-15H2,1-2H3,(H,25,26). The Kier molecular flexibility index (Phi) is 4.90. The molecule has 3 aromatic heterocycles. The number of rotatable bonds is 5. The minimum absolute atomic E-state index is 0.120. The topological polar surface area (TPSA) is 83.9 Å². The first-order chi connectivity index (χ1) is 15.2. The number of aromatic nitrogens is 4. The van der Waals surface area contributed by atoms with Crippen LogP contribution in [0.5, 0.6) is 0 Å². The number of halogens is 1. The van der Waals surface area contributed by atoms with Gasteiger partial charge in [-0.05, 0) is 68.7 Å². The summed E-state index contributed by atoms with van der Waals surface area (Å²) in [7, 11) is -3.71. The molecule has 5 rings (SSSR count). The van der Waals surface area contributed by atoms with Crippen molar-refractivity contribution in [3.8, 4) is 11.3 Å². The number of hydrogen-bond donors (Lipinski definition) is 1. The third-order valence-electron chi connectivity index (χ3n) is 6.16.